The van der Waals surface area contributed by atoms with Gasteiger partial charge in [0.25, 0.3) is 0 Å². The predicted molar refractivity (Wildman–Crippen MR) is 82.4 cm³/mol. The first kappa shape index (κ1) is 13.6. The third kappa shape index (κ3) is 3.85. The van der Waals surface area contributed by atoms with Gasteiger partial charge in [-0.1, -0.05) is 62.2 Å². The zero-order valence-electron chi connectivity index (χ0n) is 9.90. The first-order valence-corrected chi connectivity index (χ1v) is 7.72. The van der Waals surface area contributed by atoms with Gasteiger partial charge >= 0.3 is 0 Å². The van der Waals surface area contributed by atoms with E-state index in [1.54, 1.807) is 0 Å². The zero-order valence-corrected chi connectivity index (χ0v) is 13.1. The minimum Gasteiger partial charge on any atom is -0.493 e. The number of hydrogen-bond donors (Lipinski definition) is 0. The maximum Gasteiger partial charge on any atom is 0.119 e. The monoisotopic (exact) mass is 368 g/mol. The Labute approximate surface area is 124 Å². The molecule has 0 saturated heterocycles. The lowest BCUT2D eigenvalue weighted by Gasteiger charge is -2.08. The van der Waals surface area contributed by atoms with Crippen LogP contribution in [0, 0.1) is 0 Å². The van der Waals surface area contributed by atoms with E-state index in [0.29, 0.717) is 6.61 Å². The van der Waals surface area contributed by atoms with Crippen LogP contribution in [0.2, 0.25) is 0 Å². The molecule has 0 N–H and O–H groups in total. The van der Waals surface area contributed by atoms with Crippen molar-refractivity contribution in [3.05, 3.63) is 64.1 Å². The Morgan fingerprint density at radius 2 is 1.78 bits per heavy atom. The average molecular weight is 370 g/mol. The molecule has 0 aliphatic rings. The summed E-state index contributed by atoms with van der Waals surface area (Å²) in [6, 6.07) is 16.4. The van der Waals surface area contributed by atoms with Crippen LogP contribution in [-0.2, 0) is 11.8 Å². The molecule has 2 aromatic rings. The van der Waals surface area contributed by atoms with Crippen molar-refractivity contribution in [2.24, 2.45) is 0 Å². The predicted octanol–water partition coefficient (Wildman–Crippen LogP) is 4.97. The van der Waals surface area contributed by atoms with Crippen molar-refractivity contribution in [2.75, 3.05) is 6.61 Å². The van der Waals surface area contributed by atoms with Gasteiger partial charge < -0.3 is 4.74 Å². The van der Waals surface area contributed by atoms with E-state index in [0.717, 1.165) is 22.0 Å². The molecule has 0 saturated carbocycles. The molecule has 0 spiro atoms. The Morgan fingerprint density at radius 3 is 2.50 bits per heavy atom. The van der Waals surface area contributed by atoms with Crippen molar-refractivity contribution < 1.29 is 4.74 Å². The van der Waals surface area contributed by atoms with Crippen molar-refractivity contribution in [1.82, 2.24) is 0 Å². The van der Waals surface area contributed by atoms with Crippen LogP contribution in [0.3, 0.4) is 0 Å². The summed E-state index contributed by atoms with van der Waals surface area (Å²) in [6.45, 7) is 0.702. The Morgan fingerprint density at radius 1 is 1.00 bits per heavy atom. The Kier molecular flexibility index (Phi) is 5.26. The third-order valence-electron chi connectivity index (χ3n) is 2.66. The van der Waals surface area contributed by atoms with E-state index in [1.165, 1.54) is 11.1 Å². The molecule has 2 aromatic carbocycles. The Hall–Kier alpha value is -0.800. The molecular weight excluding hydrogens is 356 g/mol. The second kappa shape index (κ2) is 6.95. The first-order valence-electron chi connectivity index (χ1n) is 5.80. The minimum atomic E-state index is 0.702. The fourth-order valence-electron chi connectivity index (χ4n) is 1.67. The third-order valence-corrected chi connectivity index (χ3v) is 4.04. The largest absolute Gasteiger partial charge is 0.493 e. The van der Waals surface area contributed by atoms with Crippen LogP contribution in [0.4, 0.5) is 0 Å². The van der Waals surface area contributed by atoms with E-state index < -0.39 is 0 Å². The first-order chi connectivity index (χ1) is 8.79. The summed E-state index contributed by atoms with van der Waals surface area (Å²) in [6.07, 6.45) is 0.931. The highest BCUT2D eigenvalue weighted by Gasteiger charge is 2.01. The lowest BCUT2D eigenvalue weighted by atomic mass is 10.2. The van der Waals surface area contributed by atoms with Crippen LogP contribution < -0.4 is 4.74 Å². The van der Waals surface area contributed by atoms with Crippen molar-refractivity contribution in [1.29, 1.82) is 0 Å². The topological polar surface area (TPSA) is 9.23 Å². The van der Waals surface area contributed by atoms with Gasteiger partial charge in [0.2, 0.25) is 0 Å². The highest BCUT2D eigenvalue weighted by atomic mass is 79.9. The van der Waals surface area contributed by atoms with Crippen molar-refractivity contribution >= 4 is 31.9 Å². The summed E-state index contributed by atoms with van der Waals surface area (Å²) >= 11 is 6.97. The summed E-state index contributed by atoms with van der Waals surface area (Å²) in [5, 5.41) is 0.823. The molecule has 0 heterocycles. The van der Waals surface area contributed by atoms with Crippen LogP contribution in [0.15, 0.2) is 53.0 Å². The SMILES string of the molecule is BrCc1cc(OCCc2ccccc2)ccc1Br. The van der Waals surface area contributed by atoms with Crippen LogP contribution >= 0.6 is 31.9 Å². The summed E-state index contributed by atoms with van der Waals surface area (Å²) in [5.41, 5.74) is 2.50. The summed E-state index contributed by atoms with van der Waals surface area (Å²) in [7, 11) is 0. The van der Waals surface area contributed by atoms with Gasteiger partial charge in [-0.15, -0.1) is 0 Å². The van der Waals surface area contributed by atoms with Gasteiger partial charge in [-0.3, -0.25) is 0 Å². The molecule has 0 amide bonds. The number of alkyl halides is 1. The lowest BCUT2D eigenvalue weighted by molar-refractivity contribution is 0.321. The molecule has 1 nitrogen and oxygen atoms in total. The molecule has 0 aromatic heterocycles. The standard InChI is InChI=1S/C15H14Br2O/c16-11-13-10-14(6-7-15(13)17)18-9-8-12-4-2-1-3-5-12/h1-7,10H,8-9,11H2. The molecule has 0 fully saturated rings. The van der Waals surface area contributed by atoms with Crippen LogP contribution in [0.5, 0.6) is 5.75 Å². The molecular formula is C15H14Br2O. The average Bonchev–Trinajstić information content (AvgIpc) is 2.42. The van der Waals surface area contributed by atoms with Gasteiger partial charge in [0.05, 0.1) is 6.61 Å². The zero-order chi connectivity index (χ0) is 12.8. The number of halogens is 2. The van der Waals surface area contributed by atoms with Crippen LogP contribution in [0.1, 0.15) is 11.1 Å². The van der Waals surface area contributed by atoms with E-state index in [1.807, 2.05) is 18.2 Å². The van der Waals surface area contributed by atoms with E-state index in [-0.39, 0.29) is 0 Å². The molecule has 0 bridgehead atoms. The van der Waals surface area contributed by atoms with Crippen LogP contribution in [-0.4, -0.2) is 6.61 Å². The van der Waals surface area contributed by atoms with Crippen molar-refractivity contribution in [3.63, 3.8) is 0 Å². The molecule has 0 radical (unpaired) electrons. The molecule has 0 aliphatic heterocycles. The minimum absolute atomic E-state index is 0.702. The normalized spacial score (nSPS) is 10.3. The van der Waals surface area contributed by atoms with Gasteiger partial charge in [-0.2, -0.15) is 0 Å². The number of hydrogen-bond acceptors (Lipinski definition) is 1. The highest BCUT2D eigenvalue weighted by molar-refractivity contribution is 9.10. The van der Waals surface area contributed by atoms with E-state index in [4.69, 9.17) is 4.74 Å². The van der Waals surface area contributed by atoms with Gasteiger partial charge in [0.15, 0.2) is 0 Å². The van der Waals surface area contributed by atoms with Gasteiger partial charge in [-0.25, -0.2) is 0 Å². The quantitative estimate of drug-likeness (QED) is 0.676. The van der Waals surface area contributed by atoms with Gasteiger partial charge in [0, 0.05) is 16.2 Å². The van der Waals surface area contributed by atoms with E-state index >= 15 is 0 Å². The second-order valence-corrected chi connectivity index (χ2v) is 5.39. The highest BCUT2D eigenvalue weighted by Crippen LogP contribution is 2.24. The fraction of sp³-hybridized carbons (Fsp3) is 0.200. The van der Waals surface area contributed by atoms with Crippen LogP contribution in [0.25, 0.3) is 0 Å². The fourth-order valence-corrected chi connectivity index (χ4v) is 2.90. The molecule has 94 valence electrons. The maximum absolute atomic E-state index is 5.77. The van der Waals surface area contributed by atoms with Crippen molar-refractivity contribution in [2.45, 2.75) is 11.8 Å². The summed E-state index contributed by atoms with van der Waals surface area (Å²) in [5.74, 6) is 0.920. The smallest absolute Gasteiger partial charge is 0.119 e. The molecule has 0 unspecified atom stereocenters. The number of benzene rings is 2. The molecule has 18 heavy (non-hydrogen) atoms. The van der Waals surface area contributed by atoms with Gasteiger partial charge in [0.1, 0.15) is 5.75 Å². The molecule has 0 aliphatic carbocycles. The second-order valence-electron chi connectivity index (χ2n) is 3.97. The number of ether oxygens (including phenoxy) is 1. The molecule has 0 atom stereocenters. The lowest BCUT2D eigenvalue weighted by Crippen LogP contribution is -2.01. The van der Waals surface area contributed by atoms with E-state index in [2.05, 4.69) is 62.2 Å². The van der Waals surface area contributed by atoms with Crippen molar-refractivity contribution in [3.8, 4) is 5.75 Å². The number of rotatable bonds is 5. The Bertz CT molecular complexity index is 497. The maximum atomic E-state index is 5.77. The van der Waals surface area contributed by atoms with Gasteiger partial charge in [-0.05, 0) is 29.3 Å². The molecule has 2 rings (SSSR count). The summed E-state index contributed by atoms with van der Waals surface area (Å²) < 4.78 is 6.87. The molecule has 3 heteroatoms. The summed E-state index contributed by atoms with van der Waals surface area (Å²) in [4.78, 5) is 0. The van der Waals surface area contributed by atoms with E-state index in [9.17, 15) is 0 Å². The Balaban J connectivity index is 1.91.